The van der Waals surface area contributed by atoms with Crippen molar-refractivity contribution in [2.75, 3.05) is 11.9 Å². The lowest BCUT2D eigenvalue weighted by molar-refractivity contribution is 0.0938. The van der Waals surface area contributed by atoms with E-state index in [1.807, 2.05) is 13.8 Å². The van der Waals surface area contributed by atoms with E-state index < -0.39 is 0 Å². The molecule has 19 heavy (non-hydrogen) atoms. The Morgan fingerprint density at radius 1 is 1.47 bits per heavy atom. The summed E-state index contributed by atoms with van der Waals surface area (Å²) < 4.78 is 0.806. The number of nitrogens with zero attached hydrogens (tertiary/aromatic N) is 1. The Bertz CT molecular complexity index is 423. The van der Waals surface area contributed by atoms with Crippen molar-refractivity contribution in [3.63, 3.8) is 0 Å². The molecular formula is C14H22BrN3O. The maximum atomic E-state index is 12.3. The van der Waals surface area contributed by atoms with Gasteiger partial charge in [0.2, 0.25) is 0 Å². The second kappa shape index (κ2) is 8.15. The molecule has 0 aliphatic carbocycles. The highest BCUT2D eigenvalue weighted by Crippen LogP contribution is 2.18. The van der Waals surface area contributed by atoms with Crippen LogP contribution in [0.5, 0.6) is 0 Å². The average molecular weight is 328 g/mol. The number of carbonyl (C=O) groups excluding carboxylic acids is 1. The van der Waals surface area contributed by atoms with Crippen molar-refractivity contribution >= 4 is 27.7 Å². The second-order valence-electron chi connectivity index (χ2n) is 4.60. The largest absolute Gasteiger partial charge is 0.370 e. The minimum absolute atomic E-state index is 0.0756. The standard InChI is InChI=1S/C14H22BrN3O/c1-4-6-7-10(3)18-14(19)12-8-11(15)9-17-13(12)16-5-2/h8-10H,4-7H2,1-3H3,(H,16,17)(H,18,19). The number of halogens is 1. The van der Waals surface area contributed by atoms with Crippen molar-refractivity contribution in [3.8, 4) is 0 Å². The SMILES string of the molecule is CCCCC(C)NC(=O)c1cc(Br)cnc1NCC. The smallest absolute Gasteiger partial charge is 0.255 e. The van der Waals surface area contributed by atoms with Crippen molar-refractivity contribution < 1.29 is 4.79 Å². The maximum absolute atomic E-state index is 12.3. The van der Waals surface area contributed by atoms with E-state index in [0.717, 1.165) is 30.3 Å². The topological polar surface area (TPSA) is 54.0 Å². The Labute approximate surface area is 123 Å². The van der Waals surface area contributed by atoms with Gasteiger partial charge in [0, 0.05) is 23.3 Å². The molecule has 1 atom stereocenters. The summed E-state index contributed by atoms with van der Waals surface area (Å²) in [6, 6.07) is 1.98. The van der Waals surface area contributed by atoms with Gasteiger partial charge in [-0.1, -0.05) is 19.8 Å². The third-order valence-corrected chi connectivity index (χ3v) is 3.25. The first kappa shape index (κ1) is 16.0. The van der Waals surface area contributed by atoms with Crippen LogP contribution in [0.25, 0.3) is 0 Å². The predicted octanol–water partition coefficient (Wildman–Crippen LogP) is 3.58. The van der Waals surface area contributed by atoms with Crippen LogP contribution < -0.4 is 10.6 Å². The summed E-state index contributed by atoms with van der Waals surface area (Å²) in [6.07, 6.45) is 4.95. The van der Waals surface area contributed by atoms with Gasteiger partial charge in [0.25, 0.3) is 5.91 Å². The predicted molar refractivity (Wildman–Crippen MR) is 82.6 cm³/mol. The van der Waals surface area contributed by atoms with Gasteiger partial charge in [0.05, 0.1) is 5.56 Å². The first-order valence-corrected chi connectivity index (χ1v) is 7.58. The van der Waals surface area contributed by atoms with Crippen LogP contribution in [0, 0.1) is 0 Å². The van der Waals surface area contributed by atoms with Crippen LogP contribution in [0.15, 0.2) is 16.7 Å². The molecule has 0 saturated carbocycles. The molecule has 0 aliphatic heterocycles. The van der Waals surface area contributed by atoms with Gasteiger partial charge in [-0.05, 0) is 42.3 Å². The van der Waals surface area contributed by atoms with Gasteiger partial charge in [-0.2, -0.15) is 0 Å². The highest BCUT2D eigenvalue weighted by atomic mass is 79.9. The van der Waals surface area contributed by atoms with Crippen molar-refractivity contribution in [2.45, 2.75) is 46.1 Å². The Hall–Kier alpha value is -1.10. The highest BCUT2D eigenvalue weighted by molar-refractivity contribution is 9.10. The van der Waals surface area contributed by atoms with Crippen LogP contribution in [0.1, 0.15) is 50.4 Å². The summed E-state index contributed by atoms with van der Waals surface area (Å²) in [5.74, 6) is 0.555. The molecule has 1 unspecified atom stereocenters. The summed E-state index contributed by atoms with van der Waals surface area (Å²) in [7, 11) is 0. The number of nitrogens with one attached hydrogen (secondary N) is 2. The summed E-state index contributed by atoms with van der Waals surface area (Å²) in [6.45, 7) is 6.90. The van der Waals surface area contributed by atoms with Gasteiger partial charge in [-0.25, -0.2) is 4.98 Å². The van der Waals surface area contributed by atoms with Crippen LogP contribution in [0.2, 0.25) is 0 Å². The number of aromatic nitrogens is 1. The van der Waals surface area contributed by atoms with Gasteiger partial charge in [-0.15, -0.1) is 0 Å². The van der Waals surface area contributed by atoms with Gasteiger partial charge < -0.3 is 10.6 Å². The number of hydrogen-bond donors (Lipinski definition) is 2. The van der Waals surface area contributed by atoms with E-state index in [9.17, 15) is 4.79 Å². The quantitative estimate of drug-likeness (QED) is 0.804. The zero-order valence-electron chi connectivity index (χ0n) is 11.8. The number of carbonyl (C=O) groups is 1. The second-order valence-corrected chi connectivity index (χ2v) is 5.51. The van der Waals surface area contributed by atoms with Gasteiger partial charge in [-0.3, -0.25) is 4.79 Å². The molecule has 1 heterocycles. The van der Waals surface area contributed by atoms with Crippen LogP contribution in [-0.4, -0.2) is 23.5 Å². The van der Waals surface area contributed by atoms with Crippen LogP contribution >= 0.6 is 15.9 Å². The van der Waals surface area contributed by atoms with Gasteiger partial charge in [0.15, 0.2) is 0 Å². The normalized spacial score (nSPS) is 12.0. The molecule has 106 valence electrons. The number of amides is 1. The number of pyridine rings is 1. The fraction of sp³-hybridized carbons (Fsp3) is 0.571. The van der Waals surface area contributed by atoms with Crippen molar-refractivity contribution in [1.82, 2.24) is 10.3 Å². The molecule has 1 amide bonds. The lowest BCUT2D eigenvalue weighted by Gasteiger charge is -2.15. The van der Waals surface area contributed by atoms with Crippen LogP contribution in [-0.2, 0) is 0 Å². The van der Waals surface area contributed by atoms with E-state index in [2.05, 4.69) is 38.5 Å². The van der Waals surface area contributed by atoms with Gasteiger partial charge in [0.1, 0.15) is 5.82 Å². The number of hydrogen-bond acceptors (Lipinski definition) is 3. The monoisotopic (exact) mass is 327 g/mol. The van der Waals surface area contributed by atoms with Crippen molar-refractivity contribution in [3.05, 3.63) is 22.3 Å². The Morgan fingerprint density at radius 2 is 2.21 bits per heavy atom. The molecule has 1 rings (SSSR count). The Morgan fingerprint density at radius 3 is 2.84 bits per heavy atom. The van der Waals surface area contributed by atoms with Gasteiger partial charge >= 0.3 is 0 Å². The zero-order valence-corrected chi connectivity index (χ0v) is 13.4. The summed E-state index contributed by atoms with van der Waals surface area (Å²) in [5.41, 5.74) is 0.583. The molecule has 2 N–H and O–H groups in total. The zero-order chi connectivity index (χ0) is 14.3. The molecule has 0 saturated heterocycles. The van der Waals surface area contributed by atoms with Crippen molar-refractivity contribution in [1.29, 1.82) is 0 Å². The summed E-state index contributed by atoms with van der Waals surface area (Å²) in [4.78, 5) is 16.5. The third kappa shape index (κ3) is 5.19. The molecule has 4 nitrogen and oxygen atoms in total. The number of rotatable bonds is 7. The Kier molecular flexibility index (Phi) is 6.84. The third-order valence-electron chi connectivity index (χ3n) is 2.81. The number of anilines is 1. The highest BCUT2D eigenvalue weighted by Gasteiger charge is 2.15. The molecule has 5 heteroatoms. The fourth-order valence-corrected chi connectivity index (χ4v) is 2.14. The Balaban J connectivity index is 2.77. The average Bonchev–Trinajstić information content (AvgIpc) is 2.38. The fourth-order valence-electron chi connectivity index (χ4n) is 1.80. The molecule has 0 aromatic carbocycles. The lowest BCUT2D eigenvalue weighted by Crippen LogP contribution is -2.33. The lowest BCUT2D eigenvalue weighted by atomic mass is 10.1. The first-order valence-electron chi connectivity index (χ1n) is 6.78. The molecule has 1 aromatic rings. The van der Waals surface area contributed by atoms with E-state index >= 15 is 0 Å². The molecule has 0 bridgehead atoms. The summed E-state index contributed by atoms with van der Waals surface area (Å²) in [5, 5.41) is 6.13. The van der Waals surface area contributed by atoms with E-state index in [-0.39, 0.29) is 11.9 Å². The minimum Gasteiger partial charge on any atom is -0.370 e. The van der Waals surface area contributed by atoms with E-state index in [0.29, 0.717) is 11.4 Å². The van der Waals surface area contributed by atoms with Crippen LogP contribution in [0.3, 0.4) is 0 Å². The molecule has 1 aromatic heterocycles. The molecule has 0 radical (unpaired) electrons. The van der Waals surface area contributed by atoms with Crippen molar-refractivity contribution in [2.24, 2.45) is 0 Å². The van der Waals surface area contributed by atoms with E-state index in [1.165, 1.54) is 0 Å². The molecule has 0 spiro atoms. The number of unbranched alkanes of at least 4 members (excludes halogenated alkanes) is 1. The minimum atomic E-state index is -0.0756. The molecular weight excluding hydrogens is 306 g/mol. The van der Waals surface area contributed by atoms with Crippen LogP contribution in [0.4, 0.5) is 5.82 Å². The maximum Gasteiger partial charge on any atom is 0.255 e. The summed E-state index contributed by atoms with van der Waals surface area (Å²) >= 11 is 3.35. The molecule has 0 fully saturated rings. The molecule has 0 aliphatic rings. The van der Waals surface area contributed by atoms with E-state index in [1.54, 1.807) is 12.3 Å². The van der Waals surface area contributed by atoms with E-state index in [4.69, 9.17) is 0 Å². The first-order chi connectivity index (χ1) is 9.08.